The number of nitrogens with zero attached hydrogens (tertiary/aromatic N) is 1. The van der Waals surface area contributed by atoms with E-state index in [1.54, 1.807) is 24.3 Å². The fourth-order valence-electron chi connectivity index (χ4n) is 2.87. The van der Waals surface area contributed by atoms with E-state index in [4.69, 9.17) is 0 Å². The maximum atomic E-state index is 13.0. The van der Waals surface area contributed by atoms with Crippen molar-refractivity contribution in [3.8, 4) is 0 Å². The summed E-state index contributed by atoms with van der Waals surface area (Å²) >= 11 is 0. The van der Waals surface area contributed by atoms with Crippen molar-refractivity contribution in [1.29, 1.82) is 0 Å². The Kier molecular flexibility index (Phi) is 4.22. The number of anilines is 2. The molecule has 8 heteroatoms. The zero-order valence-corrected chi connectivity index (χ0v) is 14.2. The number of hydrogen-bond donors (Lipinski definition) is 2. The number of nitrogens with one attached hydrogen (secondary N) is 1. The van der Waals surface area contributed by atoms with Crippen LogP contribution in [0.3, 0.4) is 0 Å². The molecule has 0 spiro atoms. The van der Waals surface area contributed by atoms with Gasteiger partial charge >= 0.3 is 5.97 Å². The Bertz CT molecular complexity index is 938. The van der Waals surface area contributed by atoms with Gasteiger partial charge in [0.2, 0.25) is 5.91 Å². The van der Waals surface area contributed by atoms with Gasteiger partial charge in [-0.15, -0.1) is 0 Å². The predicted octanol–water partition coefficient (Wildman–Crippen LogP) is 1.85. The minimum Gasteiger partial charge on any atom is -0.480 e. The molecule has 25 heavy (non-hydrogen) atoms. The number of carboxylic acid groups (broad SMARTS) is 1. The summed E-state index contributed by atoms with van der Waals surface area (Å²) in [6, 6.07) is 11.2. The van der Waals surface area contributed by atoms with Gasteiger partial charge in [0.1, 0.15) is 6.04 Å². The number of carboxylic acids is 1. The molecular weight excluding hydrogens is 344 g/mol. The maximum absolute atomic E-state index is 13.0. The Hall–Kier alpha value is -2.87. The second-order valence-electron chi connectivity index (χ2n) is 5.69. The normalized spacial score (nSPS) is 16.4. The third kappa shape index (κ3) is 3.08. The van der Waals surface area contributed by atoms with Gasteiger partial charge in [0.05, 0.1) is 10.6 Å². The number of aliphatic carboxylic acids is 1. The first kappa shape index (κ1) is 17.0. The van der Waals surface area contributed by atoms with E-state index in [2.05, 4.69) is 5.32 Å². The van der Waals surface area contributed by atoms with Gasteiger partial charge in [-0.2, -0.15) is 0 Å². The van der Waals surface area contributed by atoms with E-state index >= 15 is 0 Å². The molecule has 2 aromatic rings. The number of carbonyl (C=O) groups is 2. The number of para-hydroxylation sites is 1. The summed E-state index contributed by atoms with van der Waals surface area (Å²) in [7, 11) is -4.05. The molecule has 1 amide bonds. The monoisotopic (exact) mass is 360 g/mol. The van der Waals surface area contributed by atoms with Gasteiger partial charge < -0.3 is 10.4 Å². The van der Waals surface area contributed by atoms with E-state index < -0.39 is 22.0 Å². The lowest BCUT2D eigenvalue weighted by atomic mass is 10.1. The number of amides is 1. The molecule has 130 valence electrons. The zero-order chi connectivity index (χ0) is 18.2. The molecule has 1 aliphatic rings. The van der Waals surface area contributed by atoms with Crippen molar-refractivity contribution >= 4 is 33.3 Å². The molecule has 7 nitrogen and oxygen atoms in total. The van der Waals surface area contributed by atoms with Crippen LogP contribution in [0.5, 0.6) is 0 Å². The number of carbonyl (C=O) groups excluding carboxylic acids is 1. The Morgan fingerprint density at radius 3 is 2.36 bits per heavy atom. The second kappa shape index (κ2) is 6.21. The second-order valence-corrected chi connectivity index (χ2v) is 7.51. The summed E-state index contributed by atoms with van der Waals surface area (Å²) in [5.74, 6) is -1.47. The van der Waals surface area contributed by atoms with Gasteiger partial charge in [0, 0.05) is 19.0 Å². The molecule has 1 atom stereocenters. The highest BCUT2D eigenvalue weighted by atomic mass is 32.2. The first-order valence-corrected chi connectivity index (χ1v) is 8.97. The lowest BCUT2D eigenvalue weighted by molar-refractivity contribution is -0.138. The van der Waals surface area contributed by atoms with Gasteiger partial charge in [-0.05, 0) is 35.9 Å². The SMILES string of the molecule is CC(=O)Nc1ccc(S(=O)(=O)N2c3ccccc3C[C@@H]2C(=O)O)cc1. The molecule has 0 aromatic heterocycles. The van der Waals surface area contributed by atoms with Crippen molar-refractivity contribution < 1.29 is 23.1 Å². The maximum Gasteiger partial charge on any atom is 0.327 e. The molecule has 0 fully saturated rings. The summed E-state index contributed by atoms with van der Waals surface area (Å²) in [5.41, 5.74) is 1.51. The van der Waals surface area contributed by atoms with Gasteiger partial charge in [-0.1, -0.05) is 18.2 Å². The van der Waals surface area contributed by atoms with Crippen LogP contribution < -0.4 is 9.62 Å². The summed E-state index contributed by atoms with van der Waals surface area (Å²) in [5, 5.41) is 12.0. The first-order chi connectivity index (χ1) is 11.8. The summed E-state index contributed by atoms with van der Waals surface area (Å²) in [4.78, 5) is 22.6. The number of sulfonamides is 1. The van der Waals surface area contributed by atoms with Crippen LogP contribution in [0, 0.1) is 0 Å². The van der Waals surface area contributed by atoms with Crippen LogP contribution in [-0.4, -0.2) is 31.4 Å². The molecule has 1 heterocycles. The largest absolute Gasteiger partial charge is 0.480 e. The van der Waals surface area contributed by atoms with E-state index in [9.17, 15) is 23.1 Å². The standard InChI is InChI=1S/C17H16N2O5S/c1-11(20)18-13-6-8-14(9-7-13)25(23,24)19-15-5-3-2-4-12(15)10-16(19)17(21)22/h2-9,16H,10H2,1H3,(H,18,20)(H,21,22)/t16-/m1/s1. The van der Waals surface area contributed by atoms with Gasteiger partial charge in [0.25, 0.3) is 10.0 Å². The number of benzene rings is 2. The van der Waals surface area contributed by atoms with Crippen LogP contribution in [0.1, 0.15) is 12.5 Å². The average molecular weight is 360 g/mol. The van der Waals surface area contributed by atoms with E-state index in [0.717, 1.165) is 4.31 Å². The molecule has 3 rings (SSSR count). The van der Waals surface area contributed by atoms with Crippen molar-refractivity contribution in [3.63, 3.8) is 0 Å². The summed E-state index contributed by atoms with van der Waals surface area (Å²) < 4.78 is 27.0. The molecule has 0 saturated heterocycles. The average Bonchev–Trinajstić information content (AvgIpc) is 2.95. The molecule has 1 aliphatic heterocycles. The summed E-state index contributed by atoms with van der Waals surface area (Å²) in [6.45, 7) is 1.35. The zero-order valence-electron chi connectivity index (χ0n) is 13.3. The van der Waals surface area contributed by atoms with E-state index in [0.29, 0.717) is 16.9 Å². The van der Waals surface area contributed by atoms with Crippen LogP contribution in [0.4, 0.5) is 11.4 Å². The Labute approximate surface area is 144 Å². The highest BCUT2D eigenvalue weighted by Crippen LogP contribution is 2.36. The molecule has 0 unspecified atom stereocenters. The van der Waals surface area contributed by atoms with Gasteiger partial charge in [-0.25, -0.2) is 13.2 Å². The fraction of sp³-hybridized carbons (Fsp3) is 0.176. The number of hydrogen-bond acceptors (Lipinski definition) is 4. The molecular formula is C17H16N2O5S. The number of rotatable bonds is 4. The highest BCUT2D eigenvalue weighted by molar-refractivity contribution is 7.93. The lowest BCUT2D eigenvalue weighted by Crippen LogP contribution is -2.42. The smallest absolute Gasteiger partial charge is 0.327 e. The molecule has 0 saturated carbocycles. The van der Waals surface area contributed by atoms with Gasteiger partial charge in [-0.3, -0.25) is 9.10 Å². The van der Waals surface area contributed by atoms with Crippen LogP contribution in [0.15, 0.2) is 53.4 Å². The quantitative estimate of drug-likeness (QED) is 0.866. The Morgan fingerprint density at radius 2 is 1.76 bits per heavy atom. The Morgan fingerprint density at radius 1 is 1.12 bits per heavy atom. The first-order valence-electron chi connectivity index (χ1n) is 7.53. The van der Waals surface area contributed by atoms with E-state index in [1.807, 2.05) is 0 Å². The van der Waals surface area contributed by atoms with Crippen molar-refractivity contribution in [2.75, 3.05) is 9.62 Å². The van der Waals surface area contributed by atoms with E-state index in [-0.39, 0.29) is 17.2 Å². The van der Waals surface area contributed by atoms with Crippen molar-refractivity contribution in [3.05, 3.63) is 54.1 Å². The lowest BCUT2D eigenvalue weighted by Gasteiger charge is -2.24. The fourth-order valence-corrected chi connectivity index (χ4v) is 4.51. The Balaban J connectivity index is 2.03. The van der Waals surface area contributed by atoms with Crippen molar-refractivity contribution in [1.82, 2.24) is 0 Å². The predicted molar refractivity (Wildman–Crippen MR) is 92.0 cm³/mol. The van der Waals surface area contributed by atoms with Gasteiger partial charge in [0.15, 0.2) is 0 Å². The van der Waals surface area contributed by atoms with Crippen LogP contribution in [0.25, 0.3) is 0 Å². The van der Waals surface area contributed by atoms with Crippen molar-refractivity contribution in [2.45, 2.75) is 24.3 Å². The molecule has 0 bridgehead atoms. The van der Waals surface area contributed by atoms with Crippen molar-refractivity contribution in [2.24, 2.45) is 0 Å². The third-order valence-corrected chi connectivity index (χ3v) is 5.78. The molecule has 0 aliphatic carbocycles. The van der Waals surface area contributed by atoms with E-state index in [1.165, 1.54) is 31.2 Å². The number of fused-ring (bicyclic) bond motifs is 1. The van der Waals surface area contributed by atoms with Crippen LogP contribution in [0.2, 0.25) is 0 Å². The molecule has 0 radical (unpaired) electrons. The third-order valence-electron chi connectivity index (χ3n) is 3.94. The minimum atomic E-state index is -4.05. The molecule has 2 N–H and O–H groups in total. The minimum absolute atomic E-state index is 0.0374. The highest BCUT2D eigenvalue weighted by Gasteiger charge is 2.42. The topological polar surface area (TPSA) is 104 Å². The summed E-state index contributed by atoms with van der Waals surface area (Å²) in [6.07, 6.45) is 0.120. The van der Waals surface area contributed by atoms with Crippen LogP contribution >= 0.6 is 0 Å². The van der Waals surface area contributed by atoms with Crippen LogP contribution in [-0.2, 0) is 26.0 Å². The molecule has 2 aromatic carbocycles.